The molecule has 0 N–H and O–H groups in total. The molecule has 0 fully saturated rings. The van der Waals surface area contributed by atoms with Gasteiger partial charge < -0.3 is 9.47 Å². The Labute approximate surface area is 166 Å². The molecular weight excluding hydrogens is 419 g/mol. The average Bonchev–Trinajstić information content (AvgIpc) is 2.64. The molecule has 0 heterocycles. The zero-order valence-corrected chi connectivity index (χ0v) is 17.0. The molecule has 0 radical (unpaired) electrons. The molecule has 0 aliphatic carbocycles. The summed E-state index contributed by atoms with van der Waals surface area (Å²) < 4.78 is 75.6. The summed E-state index contributed by atoms with van der Waals surface area (Å²) in [7, 11) is 0.167. The van der Waals surface area contributed by atoms with E-state index in [1.54, 1.807) is 18.2 Å². The van der Waals surface area contributed by atoms with E-state index in [4.69, 9.17) is 21.1 Å². The van der Waals surface area contributed by atoms with E-state index in [9.17, 15) is 21.6 Å². The van der Waals surface area contributed by atoms with Gasteiger partial charge in [0, 0.05) is 13.6 Å². The Morgan fingerprint density at radius 2 is 1.68 bits per heavy atom. The van der Waals surface area contributed by atoms with E-state index >= 15 is 0 Å². The van der Waals surface area contributed by atoms with Crippen molar-refractivity contribution in [2.75, 3.05) is 27.8 Å². The Morgan fingerprint density at radius 1 is 1.04 bits per heavy atom. The highest BCUT2D eigenvalue weighted by Crippen LogP contribution is 2.36. The molecule has 28 heavy (non-hydrogen) atoms. The third kappa shape index (κ3) is 4.89. The molecule has 0 aliphatic rings. The molecule has 0 atom stereocenters. The minimum absolute atomic E-state index is 0.0573. The molecule has 0 amide bonds. The fourth-order valence-corrected chi connectivity index (χ4v) is 3.93. The van der Waals surface area contributed by atoms with E-state index in [0.29, 0.717) is 24.0 Å². The Kier molecular flexibility index (Phi) is 6.84. The number of halogens is 4. The zero-order valence-electron chi connectivity index (χ0n) is 15.4. The maximum atomic E-state index is 13.0. The van der Waals surface area contributed by atoms with Crippen molar-refractivity contribution in [3.63, 3.8) is 0 Å². The first-order valence-corrected chi connectivity index (χ1v) is 9.86. The summed E-state index contributed by atoms with van der Waals surface area (Å²) in [6.07, 6.45) is -4.42. The average molecular weight is 438 g/mol. The molecular formula is C18H19ClF3NO4S. The summed E-state index contributed by atoms with van der Waals surface area (Å²) in [5.41, 5.74) is -0.407. The van der Waals surface area contributed by atoms with E-state index in [-0.39, 0.29) is 6.54 Å². The Hall–Kier alpha value is -1.97. The zero-order chi connectivity index (χ0) is 21.1. The van der Waals surface area contributed by atoms with E-state index in [1.165, 1.54) is 21.3 Å². The predicted octanol–water partition coefficient (Wildman–Crippen LogP) is 4.24. The maximum absolute atomic E-state index is 13.0. The van der Waals surface area contributed by atoms with E-state index in [0.717, 1.165) is 22.0 Å². The molecule has 0 aliphatic heterocycles. The van der Waals surface area contributed by atoms with Gasteiger partial charge in [-0.2, -0.15) is 13.2 Å². The van der Waals surface area contributed by atoms with E-state index in [2.05, 4.69) is 0 Å². The van der Waals surface area contributed by atoms with Crippen molar-refractivity contribution in [3.05, 3.63) is 52.5 Å². The highest BCUT2D eigenvalue weighted by atomic mass is 35.5. The van der Waals surface area contributed by atoms with Crippen LogP contribution < -0.4 is 9.47 Å². The highest BCUT2D eigenvalue weighted by Gasteiger charge is 2.35. The summed E-state index contributed by atoms with van der Waals surface area (Å²) in [6.45, 7) is 0.0573. The van der Waals surface area contributed by atoms with Gasteiger partial charge >= 0.3 is 6.18 Å². The van der Waals surface area contributed by atoms with Crippen LogP contribution in [0.25, 0.3) is 0 Å². The van der Waals surface area contributed by atoms with Crippen molar-refractivity contribution < 1.29 is 31.1 Å². The Morgan fingerprint density at radius 3 is 2.25 bits per heavy atom. The van der Waals surface area contributed by atoms with Gasteiger partial charge in [0.05, 0.1) is 29.7 Å². The molecule has 10 heteroatoms. The molecule has 2 rings (SSSR count). The molecule has 0 spiro atoms. The summed E-state index contributed by atoms with van der Waals surface area (Å²) in [5.74, 6) is 1.03. The number of ether oxygens (including phenoxy) is 2. The third-order valence-corrected chi connectivity index (χ3v) is 6.30. The smallest absolute Gasteiger partial charge is 0.417 e. The number of likely N-dealkylation sites (N-methyl/N-ethyl adjacent to an activating group) is 1. The number of rotatable bonds is 7. The van der Waals surface area contributed by atoms with Crippen LogP contribution >= 0.6 is 11.6 Å². The summed E-state index contributed by atoms with van der Waals surface area (Å²) >= 11 is 5.55. The minimum Gasteiger partial charge on any atom is -0.493 e. The fourth-order valence-electron chi connectivity index (χ4n) is 2.50. The highest BCUT2D eigenvalue weighted by molar-refractivity contribution is 7.89. The number of alkyl halides is 3. The normalized spacial score (nSPS) is 12.3. The van der Waals surface area contributed by atoms with Crippen LogP contribution in [0.4, 0.5) is 13.2 Å². The van der Waals surface area contributed by atoms with Gasteiger partial charge in [0.25, 0.3) is 0 Å². The van der Waals surface area contributed by atoms with Crippen molar-refractivity contribution in [3.8, 4) is 11.5 Å². The van der Waals surface area contributed by atoms with Crippen LogP contribution in [-0.4, -0.2) is 40.5 Å². The first kappa shape index (κ1) is 22.3. The summed E-state index contributed by atoms with van der Waals surface area (Å²) in [5, 5.41) is -0.556. The van der Waals surface area contributed by atoms with Crippen LogP contribution in [0.5, 0.6) is 11.5 Å². The molecule has 2 aromatic rings. The van der Waals surface area contributed by atoms with Gasteiger partial charge in [-0.3, -0.25) is 0 Å². The number of benzene rings is 2. The number of hydrogen-bond acceptors (Lipinski definition) is 4. The van der Waals surface area contributed by atoms with Crippen LogP contribution in [0.2, 0.25) is 5.02 Å². The van der Waals surface area contributed by atoms with Gasteiger partial charge in [0.2, 0.25) is 10.0 Å². The van der Waals surface area contributed by atoms with Gasteiger partial charge in [-0.05, 0) is 42.3 Å². The quantitative estimate of drug-likeness (QED) is 0.650. The van der Waals surface area contributed by atoms with Crippen LogP contribution in [0, 0.1) is 0 Å². The molecule has 0 unspecified atom stereocenters. The van der Waals surface area contributed by atoms with Crippen molar-refractivity contribution >= 4 is 21.6 Å². The van der Waals surface area contributed by atoms with Gasteiger partial charge in [0.1, 0.15) is 0 Å². The fraction of sp³-hybridized carbons (Fsp3) is 0.333. The SMILES string of the molecule is COc1ccc(CCN(C)S(=O)(=O)c2ccc(Cl)c(C(F)(F)F)c2)cc1OC. The number of sulfonamides is 1. The van der Waals surface area contributed by atoms with Gasteiger partial charge in [-0.1, -0.05) is 17.7 Å². The lowest BCUT2D eigenvalue weighted by Gasteiger charge is -2.19. The second-order valence-electron chi connectivity index (χ2n) is 5.91. The Bertz CT molecular complexity index is 948. The van der Waals surface area contributed by atoms with E-state index in [1.807, 2.05) is 0 Å². The van der Waals surface area contributed by atoms with Crippen LogP contribution in [0.1, 0.15) is 11.1 Å². The van der Waals surface area contributed by atoms with Crippen molar-refractivity contribution in [1.82, 2.24) is 4.31 Å². The molecule has 0 aromatic heterocycles. The molecule has 0 bridgehead atoms. The predicted molar refractivity (Wildman–Crippen MR) is 99.5 cm³/mol. The second kappa shape index (κ2) is 8.59. The number of methoxy groups -OCH3 is 2. The van der Waals surface area contributed by atoms with Crippen LogP contribution in [0.3, 0.4) is 0 Å². The number of hydrogen-bond donors (Lipinski definition) is 0. The molecule has 0 saturated heterocycles. The van der Waals surface area contributed by atoms with E-state index < -0.39 is 31.7 Å². The minimum atomic E-state index is -4.75. The van der Waals surface area contributed by atoms with Crippen molar-refractivity contribution in [2.24, 2.45) is 0 Å². The van der Waals surface area contributed by atoms with Crippen LogP contribution in [-0.2, 0) is 22.6 Å². The molecule has 5 nitrogen and oxygen atoms in total. The third-order valence-electron chi connectivity index (χ3n) is 4.11. The van der Waals surface area contributed by atoms with Crippen molar-refractivity contribution in [2.45, 2.75) is 17.5 Å². The summed E-state index contributed by atoms with van der Waals surface area (Å²) in [4.78, 5) is -0.473. The lowest BCUT2D eigenvalue weighted by molar-refractivity contribution is -0.137. The van der Waals surface area contributed by atoms with Gasteiger partial charge in [0.15, 0.2) is 11.5 Å². The van der Waals surface area contributed by atoms with Gasteiger partial charge in [-0.15, -0.1) is 0 Å². The van der Waals surface area contributed by atoms with Crippen molar-refractivity contribution in [1.29, 1.82) is 0 Å². The molecule has 0 saturated carbocycles. The molecule has 2 aromatic carbocycles. The first-order chi connectivity index (χ1) is 13.0. The number of nitrogens with zero attached hydrogens (tertiary/aromatic N) is 1. The first-order valence-electron chi connectivity index (χ1n) is 8.04. The standard InChI is InChI=1S/C18H19ClF3NO4S/c1-23(9-8-12-4-7-16(26-2)17(10-12)27-3)28(24,25)13-5-6-15(19)14(11-13)18(20,21)22/h4-7,10-11H,8-9H2,1-3H3. The second-order valence-corrected chi connectivity index (χ2v) is 8.36. The summed E-state index contributed by atoms with van der Waals surface area (Å²) in [6, 6.07) is 7.69. The lowest BCUT2D eigenvalue weighted by atomic mass is 10.1. The van der Waals surface area contributed by atoms with Gasteiger partial charge in [-0.25, -0.2) is 12.7 Å². The maximum Gasteiger partial charge on any atom is 0.417 e. The Balaban J connectivity index is 2.21. The topological polar surface area (TPSA) is 55.8 Å². The monoisotopic (exact) mass is 437 g/mol. The molecule has 154 valence electrons. The lowest BCUT2D eigenvalue weighted by Crippen LogP contribution is -2.29. The largest absolute Gasteiger partial charge is 0.493 e. The van der Waals surface area contributed by atoms with Crippen LogP contribution in [0.15, 0.2) is 41.3 Å².